The fraction of sp³-hybridized carbons (Fsp3) is 0.333. The summed E-state index contributed by atoms with van der Waals surface area (Å²) in [5.74, 6) is 0. The third-order valence-electron chi connectivity index (χ3n) is 4.84. The van der Waals surface area contributed by atoms with E-state index >= 15 is 0 Å². The van der Waals surface area contributed by atoms with Gasteiger partial charge in [-0.05, 0) is 30.5 Å². The smallest absolute Gasteiger partial charge is 0.147 e. The predicted octanol–water partition coefficient (Wildman–Crippen LogP) is 6.05. The Kier molecular flexibility index (Phi) is 4.89. The molecule has 0 saturated heterocycles. The van der Waals surface area contributed by atoms with Crippen LogP contribution in [0.25, 0.3) is 6.08 Å². The fourth-order valence-corrected chi connectivity index (χ4v) is 4.24. The summed E-state index contributed by atoms with van der Waals surface area (Å²) in [7, 11) is 0. The standard InChI is InChI=1S/C21H25ClN/c1-3-14-23(15-4-2)16-13-17-9-5-6-10-18(17)21(23)19-11-7-8-12-20(19)22/h5-13,16,21H,3-4,14-15H2,1-2H3/q+1. The van der Waals surface area contributed by atoms with Crippen molar-refractivity contribution in [2.24, 2.45) is 0 Å². The Morgan fingerprint density at radius 1 is 0.870 bits per heavy atom. The Bertz CT molecular complexity index is 698. The van der Waals surface area contributed by atoms with E-state index in [2.05, 4.69) is 62.5 Å². The molecule has 1 aliphatic heterocycles. The molecule has 1 atom stereocenters. The minimum absolute atomic E-state index is 0.282. The first-order valence-electron chi connectivity index (χ1n) is 8.61. The molecule has 0 aliphatic carbocycles. The van der Waals surface area contributed by atoms with Crippen LogP contribution in [-0.2, 0) is 0 Å². The normalized spacial score (nSPS) is 18.7. The molecule has 0 saturated carbocycles. The molecule has 1 unspecified atom stereocenters. The van der Waals surface area contributed by atoms with Gasteiger partial charge in [-0.1, -0.05) is 67.9 Å². The highest BCUT2D eigenvalue weighted by Crippen LogP contribution is 2.43. The minimum Gasteiger partial charge on any atom is -0.287 e. The third kappa shape index (κ3) is 2.96. The first-order chi connectivity index (χ1) is 11.2. The largest absolute Gasteiger partial charge is 0.287 e. The molecule has 0 spiro atoms. The van der Waals surface area contributed by atoms with E-state index in [1.54, 1.807) is 0 Å². The number of rotatable bonds is 5. The number of benzene rings is 2. The Balaban J connectivity index is 2.22. The highest BCUT2D eigenvalue weighted by atomic mass is 35.5. The Hall–Kier alpha value is -1.57. The molecule has 120 valence electrons. The van der Waals surface area contributed by atoms with E-state index in [0.29, 0.717) is 0 Å². The average molecular weight is 327 g/mol. The fourth-order valence-electron chi connectivity index (χ4n) is 4.00. The van der Waals surface area contributed by atoms with Crippen LogP contribution in [0.15, 0.2) is 54.7 Å². The van der Waals surface area contributed by atoms with E-state index < -0.39 is 0 Å². The van der Waals surface area contributed by atoms with Gasteiger partial charge in [0.05, 0.1) is 24.3 Å². The third-order valence-corrected chi connectivity index (χ3v) is 5.18. The number of hydrogen-bond acceptors (Lipinski definition) is 0. The summed E-state index contributed by atoms with van der Waals surface area (Å²) < 4.78 is 0.966. The van der Waals surface area contributed by atoms with Gasteiger partial charge in [-0.2, -0.15) is 0 Å². The molecule has 0 N–H and O–H groups in total. The quantitative estimate of drug-likeness (QED) is 0.587. The van der Waals surface area contributed by atoms with Crippen molar-refractivity contribution in [3.05, 3.63) is 76.4 Å². The highest BCUT2D eigenvalue weighted by molar-refractivity contribution is 6.31. The van der Waals surface area contributed by atoms with Gasteiger partial charge in [0.1, 0.15) is 6.04 Å². The Labute approximate surface area is 144 Å². The van der Waals surface area contributed by atoms with Crippen molar-refractivity contribution in [2.45, 2.75) is 32.7 Å². The van der Waals surface area contributed by atoms with Crippen LogP contribution in [0.1, 0.15) is 49.4 Å². The molecule has 23 heavy (non-hydrogen) atoms. The average Bonchev–Trinajstić information content (AvgIpc) is 2.56. The number of fused-ring (bicyclic) bond motifs is 1. The molecule has 1 aliphatic rings. The highest BCUT2D eigenvalue weighted by Gasteiger charge is 2.40. The SMILES string of the molecule is CCC[N+]1(CCC)C=Cc2ccccc2C1c1ccccc1Cl. The van der Waals surface area contributed by atoms with Gasteiger partial charge >= 0.3 is 0 Å². The second-order valence-electron chi connectivity index (χ2n) is 6.42. The first-order valence-corrected chi connectivity index (χ1v) is 8.98. The van der Waals surface area contributed by atoms with Gasteiger partial charge in [0.2, 0.25) is 0 Å². The van der Waals surface area contributed by atoms with E-state index in [1.165, 1.54) is 16.7 Å². The predicted molar refractivity (Wildman–Crippen MR) is 99.3 cm³/mol. The van der Waals surface area contributed by atoms with Gasteiger partial charge in [0.15, 0.2) is 0 Å². The molecule has 0 radical (unpaired) electrons. The molecule has 2 aromatic rings. The lowest BCUT2D eigenvalue weighted by Gasteiger charge is -2.45. The van der Waals surface area contributed by atoms with Gasteiger partial charge in [-0.3, -0.25) is 4.48 Å². The summed E-state index contributed by atoms with van der Waals surface area (Å²) in [4.78, 5) is 0. The summed E-state index contributed by atoms with van der Waals surface area (Å²) >= 11 is 6.62. The van der Waals surface area contributed by atoms with E-state index in [4.69, 9.17) is 11.6 Å². The Morgan fingerprint density at radius 3 is 2.13 bits per heavy atom. The second kappa shape index (κ2) is 6.90. The van der Waals surface area contributed by atoms with Gasteiger partial charge < -0.3 is 0 Å². The van der Waals surface area contributed by atoms with Gasteiger partial charge in [-0.25, -0.2) is 0 Å². The maximum Gasteiger partial charge on any atom is 0.147 e. The van der Waals surface area contributed by atoms with Gasteiger partial charge in [0.25, 0.3) is 0 Å². The maximum atomic E-state index is 6.62. The summed E-state index contributed by atoms with van der Waals surface area (Å²) in [5, 5.41) is 0.873. The van der Waals surface area contributed by atoms with Crippen molar-refractivity contribution in [3.63, 3.8) is 0 Å². The molecule has 1 heterocycles. The van der Waals surface area contributed by atoms with Crippen LogP contribution < -0.4 is 0 Å². The topological polar surface area (TPSA) is 0 Å². The zero-order valence-corrected chi connectivity index (χ0v) is 14.8. The van der Waals surface area contributed by atoms with Crippen molar-refractivity contribution >= 4 is 17.7 Å². The van der Waals surface area contributed by atoms with E-state index in [0.717, 1.165) is 35.4 Å². The monoisotopic (exact) mass is 326 g/mol. The molecule has 2 heteroatoms. The second-order valence-corrected chi connectivity index (χ2v) is 6.83. The van der Waals surface area contributed by atoms with Crippen LogP contribution in [0.5, 0.6) is 0 Å². The molecule has 3 rings (SSSR count). The van der Waals surface area contributed by atoms with Crippen molar-refractivity contribution in [3.8, 4) is 0 Å². The molecule has 0 fully saturated rings. The molecular formula is C21H25ClN+. The molecular weight excluding hydrogens is 302 g/mol. The summed E-state index contributed by atoms with van der Waals surface area (Å²) in [6.45, 7) is 6.81. The van der Waals surface area contributed by atoms with Crippen molar-refractivity contribution in [2.75, 3.05) is 13.1 Å². The van der Waals surface area contributed by atoms with E-state index in [-0.39, 0.29) is 6.04 Å². The van der Waals surface area contributed by atoms with Crippen LogP contribution in [0.2, 0.25) is 5.02 Å². The van der Waals surface area contributed by atoms with Gasteiger partial charge in [-0.15, -0.1) is 0 Å². The van der Waals surface area contributed by atoms with Crippen molar-refractivity contribution < 1.29 is 4.48 Å². The van der Waals surface area contributed by atoms with Crippen LogP contribution in [-0.4, -0.2) is 17.6 Å². The van der Waals surface area contributed by atoms with Crippen molar-refractivity contribution in [1.82, 2.24) is 0 Å². The van der Waals surface area contributed by atoms with Crippen LogP contribution in [0, 0.1) is 0 Å². The summed E-state index contributed by atoms with van der Waals surface area (Å²) in [5.41, 5.74) is 3.95. The molecule has 1 nitrogen and oxygen atoms in total. The Morgan fingerprint density at radius 2 is 1.48 bits per heavy atom. The summed E-state index contributed by atoms with van der Waals surface area (Å²) in [6, 6.07) is 17.4. The molecule has 0 aromatic heterocycles. The zero-order chi connectivity index (χ0) is 16.3. The van der Waals surface area contributed by atoms with E-state index in [1.807, 2.05) is 12.1 Å². The van der Waals surface area contributed by atoms with E-state index in [9.17, 15) is 0 Å². The number of halogens is 1. The lowest BCUT2D eigenvalue weighted by molar-refractivity contribution is -0.904. The number of hydrogen-bond donors (Lipinski definition) is 0. The zero-order valence-electron chi connectivity index (χ0n) is 14.0. The van der Waals surface area contributed by atoms with Crippen LogP contribution in [0.4, 0.5) is 0 Å². The number of nitrogens with zero attached hydrogens (tertiary/aromatic N) is 1. The lowest BCUT2D eigenvalue weighted by Crippen LogP contribution is -2.49. The van der Waals surface area contributed by atoms with Gasteiger partial charge in [0, 0.05) is 11.1 Å². The van der Waals surface area contributed by atoms with Crippen LogP contribution >= 0.6 is 11.6 Å². The molecule has 0 amide bonds. The maximum absolute atomic E-state index is 6.62. The molecule has 0 bridgehead atoms. The van der Waals surface area contributed by atoms with Crippen molar-refractivity contribution in [1.29, 1.82) is 0 Å². The number of quaternary nitrogens is 1. The lowest BCUT2D eigenvalue weighted by atomic mass is 9.88. The summed E-state index contributed by atoms with van der Waals surface area (Å²) in [6.07, 6.45) is 7.03. The minimum atomic E-state index is 0.282. The first kappa shape index (κ1) is 16.3. The van der Waals surface area contributed by atoms with Crippen LogP contribution in [0.3, 0.4) is 0 Å². The molecule has 2 aromatic carbocycles.